The Morgan fingerprint density at radius 2 is 1.67 bits per heavy atom. The van der Waals surface area contributed by atoms with Crippen molar-refractivity contribution in [2.45, 2.75) is 26.3 Å². The maximum atomic E-state index is 14.4. The van der Waals surface area contributed by atoms with Crippen LogP contribution in [0, 0.1) is 18.6 Å². The maximum Gasteiger partial charge on any atom is 0.142 e. The summed E-state index contributed by atoms with van der Waals surface area (Å²) >= 11 is 3.19. The summed E-state index contributed by atoms with van der Waals surface area (Å²) in [6.07, 6.45) is 0.888. The molecule has 1 atom stereocenters. The van der Waals surface area contributed by atoms with Crippen LogP contribution in [0.15, 0.2) is 40.9 Å². The number of halogens is 3. The van der Waals surface area contributed by atoms with Crippen LogP contribution in [0.3, 0.4) is 0 Å². The number of hydrogen-bond acceptors (Lipinski definition) is 1. The van der Waals surface area contributed by atoms with E-state index in [0.717, 1.165) is 6.42 Å². The van der Waals surface area contributed by atoms with Gasteiger partial charge < -0.3 is 5.32 Å². The van der Waals surface area contributed by atoms with Crippen molar-refractivity contribution < 1.29 is 8.78 Å². The molecule has 0 bridgehead atoms. The molecule has 0 amide bonds. The number of benzene rings is 2. The lowest BCUT2D eigenvalue weighted by molar-refractivity contribution is 0.516. The number of rotatable bonds is 5. The lowest BCUT2D eigenvalue weighted by Crippen LogP contribution is -2.25. The fraction of sp³-hybridized carbons (Fsp3) is 0.294. The zero-order valence-corrected chi connectivity index (χ0v) is 13.7. The highest BCUT2D eigenvalue weighted by Gasteiger charge is 2.22. The molecule has 1 N–H and O–H groups in total. The Morgan fingerprint density at radius 1 is 1.05 bits per heavy atom. The van der Waals surface area contributed by atoms with Crippen molar-refractivity contribution >= 4 is 15.9 Å². The molecule has 0 aliphatic rings. The van der Waals surface area contributed by atoms with E-state index in [1.807, 2.05) is 6.92 Å². The minimum absolute atomic E-state index is 0.287. The summed E-state index contributed by atoms with van der Waals surface area (Å²) in [5.74, 6) is -0.641. The molecule has 0 aliphatic carbocycles. The lowest BCUT2D eigenvalue weighted by Gasteiger charge is -2.21. The first kappa shape index (κ1) is 16.1. The minimum atomic E-state index is -0.498. The van der Waals surface area contributed by atoms with Gasteiger partial charge >= 0.3 is 0 Å². The molecule has 2 aromatic rings. The normalized spacial score (nSPS) is 12.4. The van der Waals surface area contributed by atoms with Gasteiger partial charge in [0.2, 0.25) is 0 Å². The number of aryl methyl sites for hydroxylation is 1. The molecule has 1 unspecified atom stereocenters. The van der Waals surface area contributed by atoms with Crippen LogP contribution in [-0.4, -0.2) is 6.54 Å². The van der Waals surface area contributed by atoms with E-state index < -0.39 is 6.04 Å². The second kappa shape index (κ2) is 7.14. The Bertz CT molecular complexity index is 577. The molecular weight excluding hydrogens is 336 g/mol. The summed E-state index contributed by atoms with van der Waals surface area (Å²) in [5.41, 5.74) is 1.48. The first-order valence-corrected chi connectivity index (χ1v) is 7.77. The van der Waals surface area contributed by atoms with E-state index in [2.05, 4.69) is 21.2 Å². The monoisotopic (exact) mass is 353 g/mol. The third-order valence-corrected chi connectivity index (χ3v) is 4.04. The quantitative estimate of drug-likeness (QED) is 0.785. The van der Waals surface area contributed by atoms with Crippen LogP contribution in [0.5, 0.6) is 0 Å². The van der Waals surface area contributed by atoms with E-state index in [-0.39, 0.29) is 11.6 Å². The van der Waals surface area contributed by atoms with Crippen LogP contribution < -0.4 is 5.32 Å². The third kappa shape index (κ3) is 3.50. The maximum absolute atomic E-state index is 14.4. The van der Waals surface area contributed by atoms with Gasteiger partial charge in [0.1, 0.15) is 11.6 Å². The van der Waals surface area contributed by atoms with Crippen molar-refractivity contribution in [1.82, 2.24) is 5.32 Å². The average Bonchev–Trinajstić information content (AvgIpc) is 2.47. The summed E-state index contributed by atoms with van der Waals surface area (Å²) in [5, 5.41) is 3.24. The number of nitrogens with one attached hydrogen (secondary N) is 1. The summed E-state index contributed by atoms with van der Waals surface area (Å²) in [6, 6.07) is 9.81. The van der Waals surface area contributed by atoms with Crippen LogP contribution in [0.4, 0.5) is 8.78 Å². The molecule has 0 fully saturated rings. The van der Waals surface area contributed by atoms with E-state index in [4.69, 9.17) is 0 Å². The Hall–Kier alpha value is -1.26. The molecule has 0 radical (unpaired) electrons. The van der Waals surface area contributed by atoms with Crippen LogP contribution in [0.2, 0.25) is 0 Å². The molecule has 4 heteroatoms. The fourth-order valence-electron chi connectivity index (χ4n) is 2.31. The highest BCUT2D eigenvalue weighted by molar-refractivity contribution is 9.10. The Kier molecular flexibility index (Phi) is 5.48. The van der Waals surface area contributed by atoms with Gasteiger partial charge in [0, 0.05) is 11.1 Å². The lowest BCUT2D eigenvalue weighted by atomic mass is 9.96. The molecule has 0 aliphatic heterocycles. The second-order valence-electron chi connectivity index (χ2n) is 5.01. The van der Waals surface area contributed by atoms with Crippen LogP contribution in [0.1, 0.15) is 36.1 Å². The smallest absolute Gasteiger partial charge is 0.142 e. The minimum Gasteiger partial charge on any atom is -0.306 e. The largest absolute Gasteiger partial charge is 0.306 e. The number of hydrogen-bond donors (Lipinski definition) is 1. The highest BCUT2D eigenvalue weighted by Crippen LogP contribution is 2.30. The van der Waals surface area contributed by atoms with E-state index in [1.165, 1.54) is 0 Å². The predicted molar refractivity (Wildman–Crippen MR) is 85.4 cm³/mol. The van der Waals surface area contributed by atoms with Gasteiger partial charge in [0.15, 0.2) is 0 Å². The SMILES string of the molecule is CCCNC(c1cccc(C)c1F)c1cccc(Br)c1F. The first-order valence-electron chi connectivity index (χ1n) is 6.98. The molecule has 0 saturated carbocycles. The van der Waals surface area contributed by atoms with Gasteiger partial charge in [-0.2, -0.15) is 0 Å². The van der Waals surface area contributed by atoms with Gasteiger partial charge in [0.25, 0.3) is 0 Å². The third-order valence-electron chi connectivity index (χ3n) is 3.42. The Balaban J connectivity index is 2.52. The highest BCUT2D eigenvalue weighted by atomic mass is 79.9. The fourth-order valence-corrected chi connectivity index (χ4v) is 2.69. The molecule has 1 nitrogen and oxygen atoms in total. The summed E-state index contributed by atoms with van der Waals surface area (Å²) in [4.78, 5) is 0. The summed E-state index contributed by atoms with van der Waals surface area (Å²) < 4.78 is 29.2. The van der Waals surface area contributed by atoms with Crippen molar-refractivity contribution in [2.24, 2.45) is 0 Å². The Morgan fingerprint density at radius 3 is 2.33 bits per heavy atom. The summed E-state index contributed by atoms with van der Waals surface area (Å²) in [7, 11) is 0. The van der Waals surface area contributed by atoms with Gasteiger partial charge in [-0.3, -0.25) is 0 Å². The van der Waals surface area contributed by atoms with Crippen LogP contribution in [0.25, 0.3) is 0 Å². The van der Waals surface area contributed by atoms with E-state index in [1.54, 1.807) is 43.3 Å². The molecule has 0 spiro atoms. The second-order valence-corrected chi connectivity index (χ2v) is 5.86. The van der Waals surface area contributed by atoms with Gasteiger partial charge in [-0.05, 0) is 47.4 Å². The first-order chi connectivity index (χ1) is 10.1. The molecule has 0 heterocycles. The standard InChI is InChI=1S/C17H18BrF2N/c1-3-10-21-17(12-7-4-6-11(2)15(12)19)13-8-5-9-14(18)16(13)20/h4-9,17,21H,3,10H2,1-2H3. The molecule has 21 heavy (non-hydrogen) atoms. The van der Waals surface area contributed by atoms with Crippen molar-refractivity contribution in [1.29, 1.82) is 0 Å². The van der Waals surface area contributed by atoms with E-state index in [9.17, 15) is 8.78 Å². The van der Waals surface area contributed by atoms with Gasteiger partial charge in [0.05, 0.1) is 10.5 Å². The average molecular weight is 354 g/mol. The van der Waals surface area contributed by atoms with Crippen molar-refractivity contribution in [2.75, 3.05) is 6.54 Å². The molecule has 0 saturated heterocycles. The van der Waals surface area contributed by atoms with Crippen LogP contribution in [-0.2, 0) is 0 Å². The van der Waals surface area contributed by atoms with Gasteiger partial charge in [-0.1, -0.05) is 37.3 Å². The molecule has 2 rings (SSSR count). The van der Waals surface area contributed by atoms with Crippen molar-refractivity contribution in [3.63, 3.8) is 0 Å². The predicted octanol–water partition coefficient (Wildman–Crippen LogP) is 5.12. The van der Waals surface area contributed by atoms with Crippen molar-refractivity contribution in [3.8, 4) is 0 Å². The molecule has 0 aromatic heterocycles. The summed E-state index contributed by atoms with van der Waals surface area (Å²) in [6.45, 7) is 4.42. The molecular formula is C17H18BrF2N. The van der Waals surface area contributed by atoms with Gasteiger partial charge in [-0.15, -0.1) is 0 Å². The van der Waals surface area contributed by atoms with E-state index in [0.29, 0.717) is 27.7 Å². The zero-order chi connectivity index (χ0) is 15.4. The van der Waals surface area contributed by atoms with Gasteiger partial charge in [-0.25, -0.2) is 8.78 Å². The van der Waals surface area contributed by atoms with Crippen molar-refractivity contribution in [3.05, 3.63) is 69.2 Å². The zero-order valence-electron chi connectivity index (χ0n) is 12.1. The molecule has 112 valence electrons. The molecule has 2 aromatic carbocycles. The van der Waals surface area contributed by atoms with E-state index >= 15 is 0 Å². The topological polar surface area (TPSA) is 12.0 Å². The van der Waals surface area contributed by atoms with Crippen LogP contribution >= 0.6 is 15.9 Å². The Labute approximate surface area is 132 Å².